The number of benzene rings is 2. The minimum atomic E-state index is -0.260. The Labute approximate surface area is 223 Å². The number of ether oxygens (including phenoxy) is 1. The summed E-state index contributed by atoms with van der Waals surface area (Å²) in [5.74, 6) is 2.25. The highest BCUT2D eigenvalue weighted by Crippen LogP contribution is 2.39. The van der Waals surface area contributed by atoms with Crippen LogP contribution in [0.25, 0.3) is 22.6 Å². The summed E-state index contributed by atoms with van der Waals surface area (Å²) < 4.78 is 21.6. The first kappa shape index (κ1) is 25.9. The number of aryl methyl sites for hydroxylation is 1. The molecule has 1 atom stereocenters. The number of nitrogens with zero attached hydrogens (tertiary/aromatic N) is 5. The van der Waals surface area contributed by atoms with E-state index in [1.54, 1.807) is 25.4 Å². The number of imidazole rings is 1. The first-order valence-electron chi connectivity index (χ1n) is 13.4. The van der Waals surface area contributed by atoms with E-state index in [0.29, 0.717) is 5.95 Å². The van der Waals surface area contributed by atoms with Crippen LogP contribution in [0.15, 0.2) is 60.8 Å². The molecule has 0 bridgehead atoms. The third-order valence-electron chi connectivity index (χ3n) is 6.95. The lowest BCUT2D eigenvalue weighted by atomic mass is 10.1. The Balaban J connectivity index is 1.53. The number of aromatic nitrogens is 4. The lowest BCUT2D eigenvalue weighted by molar-refractivity contribution is 0.227. The standard InChI is InChI=1S/C30H35FN6O/c1-4-17-36(19-21-7-6-8-25(18-21)38-3)20-24-13-14-27-35-28(22-9-11-23(31)12-10-22)29(37(24)27)26-15-16-33-30(34-26)32-5-2/h6-12,15-16,18,24H,4-5,13-14,17,19-20H2,1-3H3,(H,32,33,34). The molecule has 1 aliphatic rings. The summed E-state index contributed by atoms with van der Waals surface area (Å²) in [6.07, 6.45) is 4.76. The highest BCUT2D eigenvalue weighted by molar-refractivity contribution is 5.78. The Morgan fingerprint density at radius 3 is 2.71 bits per heavy atom. The molecule has 7 nitrogen and oxygen atoms in total. The predicted molar refractivity (Wildman–Crippen MR) is 149 cm³/mol. The molecule has 8 heteroatoms. The Morgan fingerprint density at radius 1 is 1.11 bits per heavy atom. The molecule has 38 heavy (non-hydrogen) atoms. The second-order valence-corrected chi connectivity index (χ2v) is 9.68. The van der Waals surface area contributed by atoms with E-state index < -0.39 is 0 Å². The molecule has 0 saturated heterocycles. The van der Waals surface area contributed by atoms with Crippen LogP contribution in [0.4, 0.5) is 10.3 Å². The van der Waals surface area contributed by atoms with Crippen LogP contribution >= 0.6 is 0 Å². The SMILES string of the molecule is CCCN(Cc1cccc(OC)c1)CC1CCc2nc(-c3ccc(F)cc3)c(-c3ccnc(NCC)n3)n21. The molecule has 2 aromatic carbocycles. The third-order valence-corrected chi connectivity index (χ3v) is 6.95. The van der Waals surface area contributed by atoms with Crippen molar-refractivity contribution in [3.63, 3.8) is 0 Å². The summed E-state index contributed by atoms with van der Waals surface area (Å²) in [5, 5.41) is 3.22. The molecule has 1 N–H and O–H groups in total. The van der Waals surface area contributed by atoms with Gasteiger partial charge < -0.3 is 14.6 Å². The minimum absolute atomic E-state index is 0.247. The molecule has 0 aliphatic carbocycles. The van der Waals surface area contributed by atoms with Gasteiger partial charge in [-0.25, -0.2) is 19.3 Å². The van der Waals surface area contributed by atoms with Crippen LogP contribution in [0.3, 0.4) is 0 Å². The van der Waals surface area contributed by atoms with Crippen molar-refractivity contribution in [1.29, 1.82) is 0 Å². The number of nitrogens with one attached hydrogen (secondary N) is 1. The number of methoxy groups -OCH3 is 1. The van der Waals surface area contributed by atoms with E-state index in [2.05, 4.69) is 38.8 Å². The van der Waals surface area contributed by atoms with Crippen molar-refractivity contribution in [2.24, 2.45) is 0 Å². The van der Waals surface area contributed by atoms with Gasteiger partial charge >= 0.3 is 0 Å². The number of halogens is 1. The van der Waals surface area contributed by atoms with Gasteiger partial charge in [0.05, 0.1) is 24.2 Å². The smallest absolute Gasteiger partial charge is 0.223 e. The summed E-state index contributed by atoms with van der Waals surface area (Å²) in [7, 11) is 1.71. The van der Waals surface area contributed by atoms with Gasteiger partial charge in [0, 0.05) is 43.9 Å². The van der Waals surface area contributed by atoms with E-state index in [0.717, 1.165) is 79.7 Å². The summed E-state index contributed by atoms with van der Waals surface area (Å²) in [5.41, 5.74) is 4.73. The van der Waals surface area contributed by atoms with Gasteiger partial charge in [-0.2, -0.15) is 0 Å². The van der Waals surface area contributed by atoms with E-state index in [1.165, 1.54) is 17.7 Å². The maximum atomic E-state index is 13.8. The van der Waals surface area contributed by atoms with Crippen molar-refractivity contribution in [3.05, 3.63) is 78.0 Å². The minimum Gasteiger partial charge on any atom is -0.497 e. The zero-order valence-electron chi connectivity index (χ0n) is 22.3. The fourth-order valence-corrected chi connectivity index (χ4v) is 5.31. The van der Waals surface area contributed by atoms with Crippen molar-refractivity contribution in [1.82, 2.24) is 24.4 Å². The van der Waals surface area contributed by atoms with Crippen molar-refractivity contribution in [2.75, 3.05) is 32.1 Å². The molecule has 0 saturated carbocycles. The van der Waals surface area contributed by atoms with Gasteiger partial charge in [-0.05, 0) is 74.3 Å². The second-order valence-electron chi connectivity index (χ2n) is 9.68. The zero-order valence-corrected chi connectivity index (χ0v) is 22.3. The van der Waals surface area contributed by atoms with Gasteiger partial charge in [-0.15, -0.1) is 0 Å². The van der Waals surface area contributed by atoms with E-state index in [4.69, 9.17) is 14.7 Å². The first-order valence-corrected chi connectivity index (χ1v) is 13.4. The van der Waals surface area contributed by atoms with E-state index in [9.17, 15) is 4.39 Å². The topological polar surface area (TPSA) is 68.1 Å². The Hall–Kier alpha value is -3.78. The Morgan fingerprint density at radius 2 is 1.95 bits per heavy atom. The average Bonchev–Trinajstić information content (AvgIpc) is 3.49. The molecule has 5 rings (SSSR count). The second kappa shape index (κ2) is 11.7. The van der Waals surface area contributed by atoms with Crippen LogP contribution < -0.4 is 10.1 Å². The number of anilines is 1. The summed E-state index contributed by atoms with van der Waals surface area (Å²) in [4.78, 5) is 16.8. The van der Waals surface area contributed by atoms with Crippen LogP contribution in [-0.2, 0) is 13.0 Å². The highest BCUT2D eigenvalue weighted by atomic mass is 19.1. The molecule has 4 aromatic rings. The van der Waals surface area contributed by atoms with Crippen LogP contribution in [-0.4, -0.2) is 51.2 Å². The first-order chi connectivity index (χ1) is 18.6. The molecular formula is C30H35FN6O. The van der Waals surface area contributed by atoms with Gasteiger partial charge in [-0.3, -0.25) is 4.90 Å². The molecule has 1 unspecified atom stereocenters. The fourth-order valence-electron chi connectivity index (χ4n) is 5.31. The number of hydrogen-bond acceptors (Lipinski definition) is 6. The molecule has 198 valence electrons. The Kier molecular flexibility index (Phi) is 7.98. The molecule has 0 fully saturated rings. The van der Waals surface area contributed by atoms with Crippen molar-refractivity contribution < 1.29 is 9.13 Å². The number of rotatable bonds is 11. The maximum Gasteiger partial charge on any atom is 0.223 e. The van der Waals surface area contributed by atoms with Crippen molar-refractivity contribution >= 4 is 5.95 Å². The molecule has 1 aliphatic heterocycles. The van der Waals surface area contributed by atoms with E-state index >= 15 is 0 Å². The van der Waals surface area contributed by atoms with Crippen molar-refractivity contribution in [2.45, 2.75) is 45.7 Å². The van der Waals surface area contributed by atoms with Gasteiger partial charge in [0.1, 0.15) is 17.4 Å². The molecule has 0 amide bonds. The summed E-state index contributed by atoms with van der Waals surface area (Å²) >= 11 is 0. The molecule has 2 aromatic heterocycles. The van der Waals surface area contributed by atoms with Crippen LogP contribution in [0.1, 0.15) is 44.1 Å². The predicted octanol–water partition coefficient (Wildman–Crippen LogP) is 5.99. The lowest BCUT2D eigenvalue weighted by Crippen LogP contribution is -2.30. The quantitative estimate of drug-likeness (QED) is 0.265. The van der Waals surface area contributed by atoms with E-state index in [-0.39, 0.29) is 11.9 Å². The average molecular weight is 515 g/mol. The van der Waals surface area contributed by atoms with Crippen molar-refractivity contribution in [3.8, 4) is 28.4 Å². The molecule has 0 spiro atoms. The Bertz CT molecular complexity index is 1370. The van der Waals surface area contributed by atoms with Gasteiger partial charge in [0.2, 0.25) is 5.95 Å². The maximum absolute atomic E-state index is 13.8. The van der Waals surface area contributed by atoms with E-state index in [1.807, 2.05) is 25.1 Å². The van der Waals surface area contributed by atoms with Gasteiger partial charge in [-0.1, -0.05) is 19.1 Å². The molecule has 0 radical (unpaired) electrons. The fraction of sp³-hybridized carbons (Fsp3) is 0.367. The van der Waals surface area contributed by atoms with Crippen LogP contribution in [0, 0.1) is 5.82 Å². The third kappa shape index (κ3) is 5.55. The summed E-state index contributed by atoms with van der Waals surface area (Å²) in [6.45, 7) is 7.72. The van der Waals surface area contributed by atoms with Crippen LogP contribution in [0.5, 0.6) is 5.75 Å². The molecular weight excluding hydrogens is 479 g/mol. The lowest BCUT2D eigenvalue weighted by Gasteiger charge is -2.27. The molecule has 3 heterocycles. The number of hydrogen-bond donors (Lipinski definition) is 1. The number of fused-ring (bicyclic) bond motifs is 1. The van der Waals surface area contributed by atoms with Gasteiger partial charge in [0.25, 0.3) is 0 Å². The normalized spacial score (nSPS) is 14.6. The van der Waals surface area contributed by atoms with Crippen LogP contribution in [0.2, 0.25) is 0 Å². The zero-order chi connectivity index (χ0) is 26.5. The monoisotopic (exact) mass is 514 g/mol. The largest absolute Gasteiger partial charge is 0.497 e. The highest BCUT2D eigenvalue weighted by Gasteiger charge is 2.32. The summed E-state index contributed by atoms with van der Waals surface area (Å²) in [6, 6.07) is 17.1. The van der Waals surface area contributed by atoms with Gasteiger partial charge in [0.15, 0.2) is 0 Å².